The van der Waals surface area contributed by atoms with Gasteiger partial charge in [0.1, 0.15) is 0 Å². The van der Waals surface area contributed by atoms with Gasteiger partial charge in [0.2, 0.25) is 5.91 Å². The van der Waals surface area contributed by atoms with Gasteiger partial charge in [0.15, 0.2) is 0 Å². The first-order valence-corrected chi connectivity index (χ1v) is 7.71. The normalized spacial score (nSPS) is 10.2. The van der Waals surface area contributed by atoms with E-state index in [1.165, 1.54) is 6.42 Å². The summed E-state index contributed by atoms with van der Waals surface area (Å²) in [5.41, 5.74) is 1.05. The molecule has 0 saturated carbocycles. The van der Waals surface area contributed by atoms with Crippen LogP contribution in [0.4, 0.5) is 0 Å². The average Bonchev–Trinajstić information content (AvgIpc) is 2.32. The maximum absolute atomic E-state index is 11.6. The second-order valence-corrected chi connectivity index (χ2v) is 5.61. The first-order chi connectivity index (χ1) is 8.22. The van der Waals surface area contributed by atoms with Crippen LogP contribution in [-0.4, -0.2) is 17.8 Å². The number of carbonyl (C=O) groups is 1. The van der Waals surface area contributed by atoms with E-state index in [-0.39, 0.29) is 5.91 Å². The van der Waals surface area contributed by atoms with E-state index in [9.17, 15) is 4.79 Å². The average molecular weight is 363 g/mol. The minimum atomic E-state index is 0.103. The monoisotopic (exact) mass is 361 g/mol. The Morgan fingerprint density at radius 3 is 2.47 bits per heavy atom. The maximum Gasteiger partial charge on any atom is 0.224 e. The molecule has 0 aromatic heterocycles. The molecule has 0 atom stereocenters. The zero-order valence-corrected chi connectivity index (χ0v) is 12.9. The molecule has 0 bridgehead atoms. The lowest BCUT2D eigenvalue weighted by Crippen LogP contribution is -2.26. The van der Waals surface area contributed by atoms with Crippen molar-refractivity contribution in [3.05, 3.63) is 34.3 Å². The minimum Gasteiger partial charge on any atom is -0.356 e. The number of benzene rings is 1. The summed E-state index contributed by atoms with van der Waals surface area (Å²) < 4.78 is 1.04. The number of hydrogen-bond donors (Lipinski definition) is 1. The zero-order chi connectivity index (χ0) is 12.5. The van der Waals surface area contributed by atoms with E-state index < -0.39 is 0 Å². The van der Waals surface area contributed by atoms with E-state index in [1.807, 2.05) is 24.3 Å². The van der Waals surface area contributed by atoms with Gasteiger partial charge in [0.25, 0.3) is 0 Å². The molecule has 94 valence electrons. The lowest BCUT2D eigenvalue weighted by molar-refractivity contribution is -0.120. The molecule has 0 spiro atoms. The largest absolute Gasteiger partial charge is 0.356 e. The summed E-state index contributed by atoms with van der Waals surface area (Å²) in [6.45, 7) is 0.780. The van der Waals surface area contributed by atoms with Gasteiger partial charge in [-0.05, 0) is 30.5 Å². The third-order valence-electron chi connectivity index (χ3n) is 2.41. The number of unbranched alkanes of at least 4 members (excludes halogenated alkanes) is 2. The van der Waals surface area contributed by atoms with Crippen molar-refractivity contribution in [1.29, 1.82) is 0 Å². The molecule has 0 radical (unpaired) electrons. The van der Waals surface area contributed by atoms with Crippen LogP contribution in [0, 0.1) is 0 Å². The Morgan fingerprint density at radius 2 is 1.82 bits per heavy atom. The summed E-state index contributed by atoms with van der Waals surface area (Å²) in [5, 5.41) is 3.98. The van der Waals surface area contributed by atoms with Crippen molar-refractivity contribution in [2.45, 2.75) is 25.7 Å². The number of carbonyl (C=O) groups excluding carboxylic acids is 1. The van der Waals surface area contributed by atoms with Gasteiger partial charge in [0, 0.05) is 16.3 Å². The molecule has 1 rings (SSSR count). The van der Waals surface area contributed by atoms with Crippen molar-refractivity contribution in [1.82, 2.24) is 5.32 Å². The second-order valence-electron chi connectivity index (χ2n) is 3.90. The van der Waals surface area contributed by atoms with Crippen LogP contribution in [0.2, 0.25) is 0 Å². The summed E-state index contributed by atoms with van der Waals surface area (Å²) in [6, 6.07) is 7.85. The van der Waals surface area contributed by atoms with Gasteiger partial charge in [-0.3, -0.25) is 4.79 Å². The first-order valence-electron chi connectivity index (χ1n) is 5.79. The predicted octanol–water partition coefficient (Wildman–Crippen LogP) is 3.67. The van der Waals surface area contributed by atoms with Gasteiger partial charge in [-0.1, -0.05) is 50.4 Å². The van der Waals surface area contributed by atoms with E-state index in [2.05, 4.69) is 37.2 Å². The zero-order valence-electron chi connectivity index (χ0n) is 9.72. The highest BCUT2D eigenvalue weighted by Crippen LogP contribution is 2.10. The fourth-order valence-electron chi connectivity index (χ4n) is 1.47. The molecule has 0 saturated heterocycles. The van der Waals surface area contributed by atoms with Gasteiger partial charge in [-0.2, -0.15) is 0 Å². The molecule has 1 amide bonds. The van der Waals surface area contributed by atoms with Crippen LogP contribution < -0.4 is 5.32 Å². The Kier molecular flexibility index (Phi) is 7.53. The standard InChI is InChI=1S/C13H17Br2NO/c14-8-2-1-3-9-16-13(17)10-11-4-6-12(15)7-5-11/h4-7H,1-3,8-10H2,(H,16,17). The Morgan fingerprint density at radius 1 is 1.12 bits per heavy atom. The third kappa shape index (κ3) is 6.84. The van der Waals surface area contributed by atoms with E-state index >= 15 is 0 Å². The molecule has 0 unspecified atom stereocenters. The lowest BCUT2D eigenvalue weighted by atomic mass is 10.1. The molecule has 1 aromatic carbocycles. The van der Waals surface area contributed by atoms with Gasteiger partial charge in [-0.15, -0.1) is 0 Å². The smallest absolute Gasteiger partial charge is 0.224 e. The van der Waals surface area contributed by atoms with Crippen LogP contribution >= 0.6 is 31.9 Å². The molecule has 17 heavy (non-hydrogen) atoms. The molecule has 2 nitrogen and oxygen atoms in total. The van der Waals surface area contributed by atoms with Crippen LogP contribution in [0.3, 0.4) is 0 Å². The molecule has 0 aliphatic heterocycles. The lowest BCUT2D eigenvalue weighted by Gasteiger charge is -2.05. The number of hydrogen-bond acceptors (Lipinski definition) is 1. The minimum absolute atomic E-state index is 0.103. The van der Waals surface area contributed by atoms with Gasteiger partial charge in [-0.25, -0.2) is 0 Å². The van der Waals surface area contributed by atoms with Crippen LogP contribution in [0.15, 0.2) is 28.7 Å². The van der Waals surface area contributed by atoms with E-state index in [4.69, 9.17) is 0 Å². The summed E-state index contributed by atoms with van der Waals surface area (Å²) in [6.07, 6.45) is 3.84. The summed E-state index contributed by atoms with van der Waals surface area (Å²) in [7, 11) is 0. The molecule has 1 N–H and O–H groups in total. The summed E-state index contributed by atoms with van der Waals surface area (Å²) in [5.74, 6) is 0.103. The maximum atomic E-state index is 11.6. The van der Waals surface area contributed by atoms with Crippen LogP contribution in [0.5, 0.6) is 0 Å². The van der Waals surface area contributed by atoms with Crippen molar-refractivity contribution in [3.8, 4) is 0 Å². The van der Waals surface area contributed by atoms with Gasteiger partial charge >= 0.3 is 0 Å². The Balaban J connectivity index is 2.18. The Hall–Kier alpha value is -0.350. The van der Waals surface area contributed by atoms with E-state index in [0.717, 1.165) is 34.8 Å². The Bertz CT molecular complexity index is 338. The van der Waals surface area contributed by atoms with Crippen molar-refractivity contribution >= 4 is 37.8 Å². The van der Waals surface area contributed by atoms with Crippen molar-refractivity contribution in [2.24, 2.45) is 0 Å². The number of amides is 1. The molecule has 4 heteroatoms. The van der Waals surface area contributed by atoms with Crippen molar-refractivity contribution in [2.75, 3.05) is 11.9 Å². The predicted molar refractivity (Wildman–Crippen MR) is 78.5 cm³/mol. The number of alkyl halides is 1. The third-order valence-corrected chi connectivity index (χ3v) is 3.50. The Labute approximate surface area is 119 Å². The van der Waals surface area contributed by atoms with Crippen molar-refractivity contribution < 1.29 is 4.79 Å². The highest BCUT2D eigenvalue weighted by Gasteiger charge is 2.02. The summed E-state index contributed by atoms with van der Waals surface area (Å²) >= 11 is 6.76. The molecule has 0 aliphatic rings. The molecule has 1 aromatic rings. The highest BCUT2D eigenvalue weighted by molar-refractivity contribution is 9.10. The van der Waals surface area contributed by atoms with Crippen LogP contribution in [0.25, 0.3) is 0 Å². The molecule has 0 aliphatic carbocycles. The number of nitrogens with one attached hydrogen (secondary N) is 1. The van der Waals surface area contributed by atoms with E-state index in [1.54, 1.807) is 0 Å². The van der Waals surface area contributed by atoms with Crippen LogP contribution in [0.1, 0.15) is 24.8 Å². The number of halogens is 2. The van der Waals surface area contributed by atoms with Crippen LogP contribution in [-0.2, 0) is 11.2 Å². The molecule has 0 heterocycles. The SMILES string of the molecule is O=C(Cc1ccc(Br)cc1)NCCCCCBr. The molecular weight excluding hydrogens is 346 g/mol. The highest BCUT2D eigenvalue weighted by atomic mass is 79.9. The second kappa shape index (κ2) is 8.70. The topological polar surface area (TPSA) is 29.1 Å². The fraction of sp³-hybridized carbons (Fsp3) is 0.462. The summed E-state index contributed by atoms with van der Waals surface area (Å²) in [4.78, 5) is 11.6. The quantitative estimate of drug-likeness (QED) is 0.581. The first kappa shape index (κ1) is 14.7. The molecule has 0 fully saturated rings. The van der Waals surface area contributed by atoms with Gasteiger partial charge < -0.3 is 5.32 Å². The van der Waals surface area contributed by atoms with Gasteiger partial charge in [0.05, 0.1) is 6.42 Å². The molecular formula is C13H17Br2NO. The van der Waals surface area contributed by atoms with Crippen molar-refractivity contribution in [3.63, 3.8) is 0 Å². The number of rotatable bonds is 7. The van der Waals surface area contributed by atoms with E-state index in [0.29, 0.717) is 6.42 Å². The fourth-order valence-corrected chi connectivity index (χ4v) is 2.14.